The standard InChI is InChI=1S/C9H13N3O3S/c1-15-8-2-3-10-9(11-8)12-4-6-16(13,14)7-5-12/h2-3H,4-7H2,1H3. The zero-order valence-electron chi connectivity index (χ0n) is 8.96. The average Bonchev–Trinajstić information content (AvgIpc) is 2.29. The van der Waals surface area contributed by atoms with Gasteiger partial charge in [-0.05, 0) is 0 Å². The van der Waals surface area contributed by atoms with Crippen LogP contribution in [0.3, 0.4) is 0 Å². The topological polar surface area (TPSA) is 72.4 Å². The summed E-state index contributed by atoms with van der Waals surface area (Å²) in [5.41, 5.74) is 0. The van der Waals surface area contributed by atoms with E-state index in [-0.39, 0.29) is 11.5 Å². The molecule has 0 saturated carbocycles. The lowest BCUT2D eigenvalue weighted by atomic mass is 10.5. The summed E-state index contributed by atoms with van der Waals surface area (Å²) < 4.78 is 27.5. The molecule has 0 atom stereocenters. The van der Waals surface area contributed by atoms with E-state index >= 15 is 0 Å². The van der Waals surface area contributed by atoms with Crippen molar-refractivity contribution >= 4 is 15.8 Å². The minimum atomic E-state index is -2.87. The van der Waals surface area contributed by atoms with E-state index in [0.717, 1.165) is 0 Å². The number of nitrogens with zero attached hydrogens (tertiary/aromatic N) is 3. The maximum atomic E-state index is 11.3. The summed E-state index contributed by atoms with van der Waals surface area (Å²) in [4.78, 5) is 10.1. The molecular weight excluding hydrogens is 230 g/mol. The summed E-state index contributed by atoms with van der Waals surface area (Å²) >= 11 is 0. The predicted molar refractivity (Wildman–Crippen MR) is 59.5 cm³/mol. The fourth-order valence-corrected chi connectivity index (χ4v) is 2.71. The monoisotopic (exact) mass is 243 g/mol. The number of anilines is 1. The van der Waals surface area contributed by atoms with Gasteiger partial charge in [-0.3, -0.25) is 0 Å². The third-order valence-electron chi connectivity index (χ3n) is 2.45. The van der Waals surface area contributed by atoms with Crippen molar-refractivity contribution in [1.82, 2.24) is 9.97 Å². The van der Waals surface area contributed by atoms with Gasteiger partial charge in [-0.2, -0.15) is 4.98 Å². The number of aromatic nitrogens is 2. The van der Waals surface area contributed by atoms with Gasteiger partial charge in [0.15, 0.2) is 9.84 Å². The van der Waals surface area contributed by atoms with E-state index in [1.165, 1.54) is 7.11 Å². The molecule has 2 rings (SSSR count). The van der Waals surface area contributed by atoms with E-state index in [1.807, 2.05) is 4.90 Å². The molecule has 1 saturated heterocycles. The second kappa shape index (κ2) is 4.25. The van der Waals surface area contributed by atoms with Crippen molar-refractivity contribution in [3.8, 4) is 5.88 Å². The Morgan fingerprint density at radius 3 is 2.69 bits per heavy atom. The van der Waals surface area contributed by atoms with Crippen molar-refractivity contribution in [1.29, 1.82) is 0 Å². The minimum absolute atomic E-state index is 0.160. The van der Waals surface area contributed by atoms with Gasteiger partial charge < -0.3 is 9.64 Å². The van der Waals surface area contributed by atoms with E-state index in [0.29, 0.717) is 24.9 Å². The summed E-state index contributed by atoms with van der Waals surface area (Å²) in [6.07, 6.45) is 1.60. The lowest BCUT2D eigenvalue weighted by Crippen LogP contribution is -2.41. The summed E-state index contributed by atoms with van der Waals surface area (Å²) in [6, 6.07) is 1.66. The first-order chi connectivity index (χ1) is 7.61. The van der Waals surface area contributed by atoms with Crippen LogP contribution in [0.1, 0.15) is 0 Å². The van der Waals surface area contributed by atoms with Crippen molar-refractivity contribution < 1.29 is 13.2 Å². The highest BCUT2D eigenvalue weighted by Crippen LogP contribution is 2.14. The average molecular weight is 243 g/mol. The van der Waals surface area contributed by atoms with Crippen molar-refractivity contribution in [2.24, 2.45) is 0 Å². The molecule has 6 nitrogen and oxygen atoms in total. The van der Waals surface area contributed by atoms with Crippen LogP contribution in [-0.2, 0) is 9.84 Å². The highest BCUT2D eigenvalue weighted by atomic mass is 32.2. The summed E-state index contributed by atoms with van der Waals surface area (Å²) in [5.74, 6) is 1.33. The molecule has 0 aromatic carbocycles. The maximum absolute atomic E-state index is 11.3. The summed E-state index contributed by atoms with van der Waals surface area (Å²) in [7, 11) is -1.33. The van der Waals surface area contributed by atoms with E-state index in [9.17, 15) is 8.42 Å². The highest BCUT2D eigenvalue weighted by molar-refractivity contribution is 7.91. The Labute approximate surface area is 94.2 Å². The van der Waals surface area contributed by atoms with Gasteiger partial charge in [0.2, 0.25) is 11.8 Å². The van der Waals surface area contributed by atoms with Crippen LogP contribution in [0.15, 0.2) is 12.3 Å². The van der Waals surface area contributed by atoms with Crippen molar-refractivity contribution in [3.63, 3.8) is 0 Å². The minimum Gasteiger partial charge on any atom is -0.481 e. The zero-order chi connectivity index (χ0) is 11.6. The molecular formula is C9H13N3O3S. The predicted octanol–water partition coefficient (Wildman–Crippen LogP) is -0.280. The van der Waals surface area contributed by atoms with Crippen LogP contribution in [-0.4, -0.2) is 50.1 Å². The Hall–Kier alpha value is -1.37. The van der Waals surface area contributed by atoms with Gasteiger partial charge in [0.25, 0.3) is 0 Å². The van der Waals surface area contributed by atoms with E-state index in [1.54, 1.807) is 12.3 Å². The molecule has 0 aliphatic carbocycles. The third-order valence-corrected chi connectivity index (χ3v) is 4.06. The van der Waals surface area contributed by atoms with Crippen LogP contribution >= 0.6 is 0 Å². The van der Waals surface area contributed by atoms with Crippen LogP contribution in [0.4, 0.5) is 5.95 Å². The van der Waals surface area contributed by atoms with Gasteiger partial charge >= 0.3 is 0 Å². The third kappa shape index (κ3) is 2.41. The molecule has 0 spiro atoms. The molecule has 16 heavy (non-hydrogen) atoms. The highest BCUT2D eigenvalue weighted by Gasteiger charge is 2.23. The Morgan fingerprint density at radius 2 is 2.06 bits per heavy atom. The molecule has 0 bridgehead atoms. The molecule has 2 heterocycles. The molecule has 1 aliphatic heterocycles. The number of methoxy groups -OCH3 is 1. The largest absolute Gasteiger partial charge is 0.481 e. The van der Waals surface area contributed by atoms with Gasteiger partial charge in [0.05, 0.1) is 18.6 Å². The fraction of sp³-hybridized carbons (Fsp3) is 0.556. The molecule has 1 aromatic heterocycles. The number of hydrogen-bond donors (Lipinski definition) is 0. The Kier molecular flexibility index (Phi) is 2.95. The van der Waals surface area contributed by atoms with Crippen LogP contribution in [0.5, 0.6) is 5.88 Å². The Bertz CT molecular complexity index is 461. The van der Waals surface area contributed by atoms with Crippen molar-refractivity contribution in [2.75, 3.05) is 36.6 Å². The lowest BCUT2D eigenvalue weighted by molar-refractivity contribution is 0.396. The Morgan fingerprint density at radius 1 is 1.38 bits per heavy atom. The molecule has 0 radical (unpaired) electrons. The first kappa shape index (κ1) is 11.1. The van der Waals surface area contributed by atoms with E-state index in [4.69, 9.17) is 4.74 Å². The molecule has 1 aromatic rings. The molecule has 0 unspecified atom stereocenters. The number of hydrogen-bond acceptors (Lipinski definition) is 6. The summed E-state index contributed by atoms with van der Waals surface area (Å²) in [5, 5.41) is 0. The summed E-state index contributed by atoms with van der Waals surface area (Å²) in [6.45, 7) is 0.880. The molecule has 7 heteroatoms. The smallest absolute Gasteiger partial charge is 0.228 e. The molecule has 88 valence electrons. The van der Waals surface area contributed by atoms with Crippen LogP contribution in [0.25, 0.3) is 0 Å². The molecule has 0 N–H and O–H groups in total. The number of rotatable bonds is 2. The van der Waals surface area contributed by atoms with Gasteiger partial charge in [-0.15, -0.1) is 0 Å². The van der Waals surface area contributed by atoms with Crippen LogP contribution in [0, 0.1) is 0 Å². The maximum Gasteiger partial charge on any atom is 0.228 e. The zero-order valence-corrected chi connectivity index (χ0v) is 9.77. The number of sulfone groups is 1. The quantitative estimate of drug-likeness (QED) is 0.711. The van der Waals surface area contributed by atoms with E-state index in [2.05, 4.69) is 9.97 Å². The number of ether oxygens (including phenoxy) is 1. The fourth-order valence-electron chi connectivity index (χ4n) is 1.51. The van der Waals surface area contributed by atoms with E-state index < -0.39 is 9.84 Å². The first-order valence-corrected chi connectivity index (χ1v) is 6.75. The van der Waals surface area contributed by atoms with Crippen molar-refractivity contribution in [3.05, 3.63) is 12.3 Å². The first-order valence-electron chi connectivity index (χ1n) is 4.93. The van der Waals surface area contributed by atoms with Gasteiger partial charge in [-0.1, -0.05) is 0 Å². The SMILES string of the molecule is COc1ccnc(N2CCS(=O)(=O)CC2)n1. The molecule has 0 amide bonds. The second-order valence-electron chi connectivity index (χ2n) is 3.54. The van der Waals surface area contributed by atoms with Crippen LogP contribution < -0.4 is 9.64 Å². The van der Waals surface area contributed by atoms with Gasteiger partial charge in [0, 0.05) is 25.4 Å². The second-order valence-corrected chi connectivity index (χ2v) is 5.84. The van der Waals surface area contributed by atoms with Crippen LogP contribution in [0.2, 0.25) is 0 Å². The Balaban J connectivity index is 2.13. The van der Waals surface area contributed by atoms with Crippen molar-refractivity contribution in [2.45, 2.75) is 0 Å². The molecule has 1 aliphatic rings. The van der Waals surface area contributed by atoms with Gasteiger partial charge in [0.1, 0.15) is 0 Å². The lowest BCUT2D eigenvalue weighted by Gasteiger charge is -2.26. The normalized spacial score (nSPS) is 19.4. The van der Waals surface area contributed by atoms with Gasteiger partial charge in [-0.25, -0.2) is 13.4 Å². The molecule has 1 fully saturated rings.